The average Bonchev–Trinajstić information content (AvgIpc) is 2.99. The van der Waals surface area contributed by atoms with Gasteiger partial charge in [0.05, 0.1) is 11.5 Å². The van der Waals surface area contributed by atoms with Crippen LogP contribution in [0.4, 0.5) is 0 Å². The van der Waals surface area contributed by atoms with Gasteiger partial charge in [-0.3, -0.25) is 14.4 Å². The summed E-state index contributed by atoms with van der Waals surface area (Å²) in [5.41, 5.74) is 4.69. The van der Waals surface area contributed by atoms with Crippen molar-refractivity contribution in [2.75, 3.05) is 26.2 Å². The third-order valence-corrected chi connectivity index (χ3v) is 6.29. The van der Waals surface area contributed by atoms with Gasteiger partial charge in [-0.05, 0) is 43.0 Å². The van der Waals surface area contributed by atoms with Crippen molar-refractivity contribution >= 4 is 11.8 Å². The van der Waals surface area contributed by atoms with E-state index < -0.39 is 0 Å². The molecule has 170 valence electrons. The number of aromatic nitrogens is 1. The molecule has 2 heterocycles. The second-order valence-corrected chi connectivity index (χ2v) is 8.53. The Kier molecular flexibility index (Phi) is 6.73. The predicted molar refractivity (Wildman–Crippen MR) is 129 cm³/mol. The van der Waals surface area contributed by atoms with Crippen molar-refractivity contribution in [2.45, 2.75) is 20.3 Å². The molecule has 4 rings (SSSR count). The topological polar surface area (TPSA) is 73.5 Å². The summed E-state index contributed by atoms with van der Waals surface area (Å²) >= 11 is 0. The SMILES string of the molecule is CCN1CCN(C(=O)c2ccc(=O)[nH]c2)C[C@@H](Cc2ccccc2-c2ccc(C)cc2)C1=O. The zero-order valence-corrected chi connectivity index (χ0v) is 19.1. The predicted octanol–water partition coefficient (Wildman–Crippen LogP) is 3.51. The van der Waals surface area contributed by atoms with Crippen LogP contribution in [0.5, 0.6) is 0 Å². The molecule has 0 spiro atoms. The second kappa shape index (κ2) is 9.86. The maximum atomic E-state index is 13.4. The summed E-state index contributed by atoms with van der Waals surface area (Å²) in [7, 11) is 0. The minimum absolute atomic E-state index is 0.0768. The van der Waals surface area contributed by atoms with Crippen LogP contribution in [0.15, 0.2) is 71.7 Å². The first-order valence-electron chi connectivity index (χ1n) is 11.4. The Hall–Kier alpha value is -3.67. The molecule has 0 saturated carbocycles. The molecule has 2 aromatic carbocycles. The summed E-state index contributed by atoms with van der Waals surface area (Å²) in [5.74, 6) is -0.437. The molecular weight excluding hydrogens is 414 g/mol. The Balaban J connectivity index is 1.63. The molecule has 3 aromatic rings. The summed E-state index contributed by atoms with van der Waals surface area (Å²) in [6.07, 6.45) is 1.99. The number of hydrogen-bond donors (Lipinski definition) is 1. The van der Waals surface area contributed by atoms with Gasteiger partial charge in [-0.25, -0.2) is 0 Å². The zero-order valence-electron chi connectivity index (χ0n) is 19.1. The summed E-state index contributed by atoms with van der Waals surface area (Å²) in [6.45, 7) is 5.95. The number of pyridine rings is 1. The monoisotopic (exact) mass is 443 g/mol. The smallest absolute Gasteiger partial charge is 0.255 e. The summed E-state index contributed by atoms with van der Waals surface area (Å²) < 4.78 is 0. The highest BCUT2D eigenvalue weighted by molar-refractivity contribution is 5.94. The first-order valence-corrected chi connectivity index (χ1v) is 11.4. The van der Waals surface area contributed by atoms with E-state index in [1.54, 1.807) is 4.90 Å². The lowest BCUT2D eigenvalue weighted by Crippen LogP contribution is -2.38. The lowest BCUT2D eigenvalue weighted by Gasteiger charge is -2.24. The second-order valence-electron chi connectivity index (χ2n) is 8.53. The van der Waals surface area contributed by atoms with Crippen LogP contribution < -0.4 is 5.56 Å². The number of aromatic amines is 1. The van der Waals surface area contributed by atoms with Gasteiger partial charge in [0, 0.05) is 38.4 Å². The molecule has 2 amide bonds. The molecular formula is C27H29N3O3. The summed E-state index contributed by atoms with van der Waals surface area (Å²) in [4.78, 5) is 44.0. The van der Waals surface area contributed by atoms with Gasteiger partial charge in [0.15, 0.2) is 0 Å². The normalized spacial score (nSPS) is 16.5. The maximum Gasteiger partial charge on any atom is 0.255 e. The number of hydrogen-bond acceptors (Lipinski definition) is 3. The van der Waals surface area contributed by atoms with E-state index >= 15 is 0 Å². The first kappa shape index (κ1) is 22.5. The van der Waals surface area contributed by atoms with Gasteiger partial charge in [0.1, 0.15) is 0 Å². The van der Waals surface area contributed by atoms with Crippen molar-refractivity contribution in [3.63, 3.8) is 0 Å². The molecule has 1 aromatic heterocycles. The minimum atomic E-state index is -0.342. The number of carbonyl (C=O) groups is 2. The van der Waals surface area contributed by atoms with Crippen molar-refractivity contribution in [3.8, 4) is 11.1 Å². The third kappa shape index (κ3) is 5.06. The highest BCUT2D eigenvalue weighted by Gasteiger charge is 2.32. The van der Waals surface area contributed by atoms with Crippen molar-refractivity contribution in [3.05, 3.63) is 93.9 Å². The Bertz CT molecular complexity index is 1180. The van der Waals surface area contributed by atoms with Crippen molar-refractivity contribution in [2.24, 2.45) is 5.92 Å². The Morgan fingerprint density at radius 1 is 1.00 bits per heavy atom. The fourth-order valence-electron chi connectivity index (χ4n) is 4.40. The van der Waals surface area contributed by atoms with E-state index in [9.17, 15) is 14.4 Å². The third-order valence-electron chi connectivity index (χ3n) is 6.29. The minimum Gasteiger partial charge on any atom is -0.341 e. The van der Waals surface area contributed by atoms with Gasteiger partial charge >= 0.3 is 0 Å². The molecule has 0 aliphatic carbocycles. The van der Waals surface area contributed by atoms with Crippen molar-refractivity contribution in [1.29, 1.82) is 0 Å². The van der Waals surface area contributed by atoms with E-state index in [1.807, 2.05) is 24.0 Å². The number of nitrogens with one attached hydrogen (secondary N) is 1. The molecule has 6 nitrogen and oxygen atoms in total. The molecule has 0 bridgehead atoms. The number of likely N-dealkylation sites (N-methyl/N-ethyl adjacent to an activating group) is 1. The van der Waals surface area contributed by atoms with E-state index in [2.05, 4.69) is 48.3 Å². The zero-order chi connectivity index (χ0) is 23.4. The lowest BCUT2D eigenvalue weighted by molar-refractivity contribution is -0.134. The quantitative estimate of drug-likeness (QED) is 0.656. The van der Waals surface area contributed by atoms with E-state index in [1.165, 1.54) is 23.9 Å². The molecule has 1 N–H and O–H groups in total. The molecule has 0 unspecified atom stereocenters. The largest absolute Gasteiger partial charge is 0.341 e. The molecule has 1 saturated heterocycles. The van der Waals surface area contributed by atoms with Crippen LogP contribution in [0.25, 0.3) is 11.1 Å². The van der Waals surface area contributed by atoms with Gasteiger partial charge in [-0.15, -0.1) is 0 Å². The highest BCUT2D eigenvalue weighted by atomic mass is 16.2. The van der Waals surface area contributed by atoms with Crippen molar-refractivity contribution < 1.29 is 9.59 Å². The molecule has 1 atom stereocenters. The van der Waals surface area contributed by atoms with Gasteiger partial charge in [0.25, 0.3) is 5.91 Å². The number of rotatable bonds is 5. The van der Waals surface area contributed by atoms with E-state index in [4.69, 9.17) is 0 Å². The molecule has 6 heteroatoms. The van der Waals surface area contributed by atoms with Gasteiger partial charge in [-0.2, -0.15) is 0 Å². The number of aryl methyl sites for hydroxylation is 1. The maximum absolute atomic E-state index is 13.4. The van der Waals surface area contributed by atoms with E-state index in [0.717, 1.165) is 16.7 Å². The number of carbonyl (C=O) groups excluding carboxylic acids is 2. The number of amides is 2. The van der Waals surface area contributed by atoms with E-state index in [0.29, 0.717) is 38.2 Å². The van der Waals surface area contributed by atoms with Gasteiger partial charge in [0.2, 0.25) is 11.5 Å². The number of H-pyrrole nitrogens is 1. The molecule has 1 fully saturated rings. The van der Waals surface area contributed by atoms with E-state index in [-0.39, 0.29) is 23.3 Å². The Morgan fingerprint density at radius 3 is 2.45 bits per heavy atom. The van der Waals surface area contributed by atoms with Gasteiger partial charge in [-0.1, -0.05) is 54.1 Å². The lowest BCUT2D eigenvalue weighted by atomic mass is 9.91. The highest BCUT2D eigenvalue weighted by Crippen LogP contribution is 2.28. The van der Waals surface area contributed by atoms with Crippen LogP contribution in [0.3, 0.4) is 0 Å². The van der Waals surface area contributed by atoms with Crippen LogP contribution in [0, 0.1) is 12.8 Å². The first-order chi connectivity index (χ1) is 16.0. The number of nitrogens with zero attached hydrogens (tertiary/aromatic N) is 2. The fourth-order valence-corrected chi connectivity index (χ4v) is 4.40. The van der Waals surface area contributed by atoms with Crippen LogP contribution in [0.1, 0.15) is 28.4 Å². The number of benzene rings is 2. The van der Waals surface area contributed by atoms with Crippen LogP contribution >= 0.6 is 0 Å². The van der Waals surface area contributed by atoms with Crippen molar-refractivity contribution in [1.82, 2.24) is 14.8 Å². The summed E-state index contributed by atoms with van der Waals surface area (Å²) in [6, 6.07) is 19.4. The van der Waals surface area contributed by atoms with Crippen LogP contribution in [0.2, 0.25) is 0 Å². The van der Waals surface area contributed by atoms with Crippen LogP contribution in [-0.2, 0) is 11.2 Å². The molecule has 1 aliphatic rings. The standard InChI is InChI=1S/C27H29N3O3/c1-3-29-14-15-30(26(32)22-12-13-25(31)28-17-22)18-23(27(29)33)16-21-6-4-5-7-24(21)20-10-8-19(2)9-11-20/h4-13,17,23H,3,14-16,18H2,1-2H3,(H,28,31)/t23-/m1/s1. The molecule has 33 heavy (non-hydrogen) atoms. The summed E-state index contributed by atoms with van der Waals surface area (Å²) in [5, 5.41) is 0. The average molecular weight is 444 g/mol. The Labute approximate surface area is 193 Å². The Morgan fingerprint density at radius 2 is 1.76 bits per heavy atom. The van der Waals surface area contributed by atoms with Crippen LogP contribution in [-0.4, -0.2) is 52.8 Å². The molecule has 1 aliphatic heterocycles. The van der Waals surface area contributed by atoms with Gasteiger partial charge < -0.3 is 14.8 Å². The molecule has 0 radical (unpaired) electrons. The fraction of sp³-hybridized carbons (Fsp3) is 0.296.